The molecule has 0 bridgehead atoms. The van der Waals surface area contributed by atoms with Crippen LogP contribution in [0.1, 0.15) is 5.56 Å². The van der Waals surface area contributed by atoms with Gasteiger partial charge in [-0.25, -0.2) is 4.79 Å². The van der Waals surface area contributed by atoms with E-state index >= 15 is 0 Å². The van der Waals surface area contributed by atoms with Gasteiger partial charge in [0.05, 0.1) is 14.2 Å². The molecule has 0 fully saturated rings. The number of ether oxygens (including phenoxy) is 3. The van der Waals surface area contributed by atoms with Crippen LogP contribution in [0.4, 0.5) is 0 Å². The minimum absolute atomic E-state index is 0.288. The molecule has 0 heterocycles. The molecule has 0 atom stereocenters. The molecule has 17 heavy (non-hydrogen) atoms. The Morgan fingerprint density at radius 2 is 2.06 bits per heavy atom. The average Bonchev–Trinajstić information content (AvgIpc) is 2.36. The highest BCUT2D eigenvalue weighted by Gasteiger charge is 2.14. The van der Waals surface area contributed by atoms with Gasteiger partial charge >= 0.3 is 5.97 Å². The normalized spacial score (nSPS) is 10.9. The lowest BCUT2D eigenvalue weighted by Crippen LogP contribution is -2.11. The number of methoxy groups -OCH3 is 2. The van der Waals surface area contributed by atoms with E-state index in [0.29, 0.717) is 17.8 Å². The van der Waals surface area contributed by atoms with Crippen molar-refractivity contribution in [3.05, 3.63) is 35.8 Å². The molecule has 0 aliphatic heterocycles. The summed E-state index contributed by atoms with van der Waals surface area (Å²) >= 11 is 0. The quantitative estimate of drug-likeness (QED) is 0.493. The summed E-state index contributed by atoms with van der Waals surface area (Å²) in [6, 6.07) is 5.16. The van der Waals surface area contributed by atoms with Crippen LogP contribution in [-0.4, -0.2) is 25.3 Å². The zero-order chi connectivity index (χ0) is 12.8. The maximum Gasteiger partial charge on any atom is 0.377 e. The van der Waals surface area contributed by atoms with Crippen LogP contribution in [0.5, 0.6) is 11.5 Å². The van der Waals surface area contributed by atoms with Crippen LogP contribution in [-0.2, 0) is 9.53 Å². The lowest BCUT2D eigenvalue weighted by Gasteiger charge is -2.10. The van der Waals surface area contributed by atoms with Gasteiger partial charge in [-0.2, -0.15) is 0 Å². The first-order chi connectivity index (χ1) is 8.12. The molecular weight excluding hydrogens is 224 g/mol. The summed E-state index contributed by atoms with van der Waals surface area (Å²) in [7, 11) is 2.73. The van der Waals surface area contributed by atoms with Gasteiger partial charge in [-0.1, -0.05) is 6.07 Å². The molecule has 1 N–H and O–H groups in total. The first kappa shape index (κ1) is 12.9. The third kappa shape index (κ3) is 3.14. The molecule has 5 nitrogen and oxygen atoms in total. The predicted octanol–water partition coefficient (Wildman–Crippen LogP) is 1.95. The van der Waals surface area contributed by atoms with Crippen LogP contribution in [0.15, 0.2) is 30.2 Å². The van der Waals surface area contributed by atoms with Gasteiger partial charge in [-0.3, -0.25) is 0 Å². The predicted molar refractivity (Wildman–Crippen MR) is 61.1 cm³/mol. The Labute approximate surface area is 99.2 Å². The lowest BCUT2D eigenvalue weighted by molar-refractivity contribution is -0.138. The van der Waals surface area contributed by atoms with Crippen molar-refractivity contribution < 1.29 is 24.1 Å². The number of carbonyl (C=O) groups excluding carboxylic acids is 1. The summed E-state index contributed by atoms with van der Waals surface area (Å²) in [6.45, 7) is 1.81. The second-order valence-corrected chi connectivity index (χ2v) is 3.22. The molecule has 5 heteroatoms. The van der Waals surface area contributed by atoms with Crippen molar-refractivity contribution in [1.82, 2.24) is 0 Å². The SMILES string of the molecule is COC(=O)/C(=C/O)Oc1cc(OC)ccc1C. The van der Waals surface area contributed by atoms with Crippen molar-refractivity contribution >= 4 is 5.97 Å². The van der Waals surface area contributed by atoms with Gasteiger partial charge in [0, 0.05) is 6.07 Å². The fourth-order valence-corrected chi connectivity index (χ4v) is 1.16. The van der Waals surface area contributed by atoms with Gasteiger partial charge in [-0.15, -0.1) is 0 Å². The van der Waals surface area contributed by atoms with Gasteiger partial charge in [0.2, 0.25) is 5.76 Å². The summed E-state index contributed by atoms with van der Waals surface area (Å²) in [5, 5.41) is 8.89. The fraction of sp³-hybridized carbons (Fsp3) is 0.250. The first-order valence-electron chi connectivity index (χ1n) is 4.87. The molecule has 1 aromatic carbocycles. The summed E-state index contributed by atoms with van der Waals surface area (Å²) in [6.07, 6.45) is 0.560. The van der Waals surface area contributed by atoms with E-state index in [1.54, 1.807) is 25.1 Å². The van der Waals surface area contributed by atoms with E-state index in [4.69, 9.17) is 14.6 Å². The van der Waals surface area contributed by atoms with E-state index in [1.807, 2.05) is 0 Å². The maximum atomic E-state index is 11.2. The first-order valence-corrected chi connectivity index (χ1v) is 4.87. The molecule has 0 aliphatic carbocycles. The largest absolute Gasteiger partial charge is 0.511 e. The van der Waals surface area contributed by atoms with E-state index in [1.165, 1.54) is 14.2 Å². The van der Waals surface area contributed by atoms with Crippen LogP contribution >= 0.6 is 0 Å². The number of carbonyl (C=O) groups is 1. The second kappa shape index (κ2) is 5.79. The fourth-order valence-electron chi connectivity index (χ4n) is 1.16. The summed E-state index contributed by atoms with van der Waals surface area (Å²) < 4.78 is 14.7. The van der Waals surface area contributed by atoms with Crippen molar-refractivity contribution in [2.24, 2.45) is 0 Å². The van der Waals surface area contributed by atoms with E-state index in [2.05, 4.69) is 4.74 Å². The van der Waals surface area contributed by atoms with Crippen molar-refractivity contribution in [1.29, 1.82) is 0 Å². The Bertz CT molecular complexity index is 437. The molecule has 0 radical (unpaired) electrons. The molecule has 0 unspecified atom stereocenters. The minimum atomic E-state index is -0.755. The molecule has 1 aromatic rings. The highest BCUT2D eigenvalue weighted by Crippen LogP contribution is 2.25. The topological polar surface area (TPSA) is 65.0 Å². The van der Waals surface area contributed by atoms with Gasteiger partial charge < -0.3 is 19.3 Å². The molecule has 92 valence electrons. The van der Waals surface area contributed by atoms with E-state index in [9.17, 15) is 4.79 Å². The molecule has 0 saturated heterocycles. The van der Waals surface area contributed by atoms with Crippen molar-refractivity contribution in [3.63, 3.8) is 0 Å². The molecule has 0 amide bonds. The van der Waals surface area contributed by atoms with Crippen LogP contribution in [0.25, 0.3) is 0 Å². The molecule has 0 saturated carbocycles. The van der Waals surface area contributed by atoms with Gasteiger partial charge in [-0.05, 0) is 18.6 Å². The van der Waals surface area contributed by atoms with Gasteiger partial charge in [0.25, 0.3) is 0 Å². The number of aliphatic hydroxyl groups is 1. The zero-order valence-electron chi connectivity index (χ0n) is 9.89. The number of benzene rings is 1. The van der Waals surface area contributed by atoms with E-state index in [0.717, 1.165) is 5.56 Å². The number of hydrogen-bond acceptors (Lipinski definition) is 5. The highest BCUT2D eigenvalue weighted by molar-refractivity contribution is 5.86. The van der Waals surface area contributed by atoms with Crippen molar-refractivity contribution in [2.75, 3.05) is 14.2 Å². The number of aryl methyl sites for hydroxylation is 1. The Morgan fingerprint density at radius 1 is 1.35 bits per heavy atom. The molecular formula is C12H14O5. The maximum absolute atomic E-state index is 11.2. The third-order valence-electron chi connectivity index (χ3n) is 2.12. The number of esters is 1. The molecule has 0 aliphatic rings. The van der Waals surface area contributed by atoms with Crippen molar-refractivity contribution in [3.8, 4) is 11.5 Å². The van der Waals surface area contributed by atoms with Crippen LogP contribution in [0, 0.1) is 6.92 Å². The lowest BCUT2D eigenvalue weighted by atomic mass is 10.2. The summed E-state index contributed by atoms with van der Waals surface area (Å²) in [4.78, 5) is 11.2. The van der Waals surface area contributed by atoms with Crippen LogP contribution < -0.4 is 9.47 Å². The Morgan fingerprint density at radius 3 is 2.59 bits per heavy atom. The van der Waals surface area contributed by atoms with Gasteiger partial charge in [0.15, 0.2) is 0 Å². The van der Waals surface area contributed by atoms with E-state index < -0.39 is 5.97 Å². The average molecular weight is 238 g/mol. The smallest absolute Gasteiger partial charge is 0.377 e. The Kier molecular flexibility index (Phi) is 4.39. The van der Waals surface area contributed by atoms with Crippen LogP contribution in [0.3, 0.4) is 0 Å². The molecule has 0 spiro atoms. The summed E-state index contributed by atoms with van der Waals surface area (Å²) in [5.41, 5.74) is 0.800. The standard InChI is InChI=1S/C12H14O5/c1-8-4-5-9(15-2)6-10(8)17-11(7-13)12(14)16-3/h4-7,13H,1-3H3/b11-7-. The number of hydrogen-bond donors (Lipinski definition) is 1. The van der Waals surface area contributed by atoms with E-state index in [-0.39, 0.29) is 5.76 Å². The van der Waals surface area contributed by atoms with Crippen LogP contribution in [0.2, 0.25) is 0 Å². The number of rotatable bonds is 4. The highest BCUT2D eigenvalue weighted by atomic mass is 16.6. The zero-order valence-corrected chi connectivity index (χ0v) is 9.89. The minimum Gasteiger partial charge on any atom is -0.511 e. The summed E-state index contributed by atoms with van der Waals surface area (Å²) in [5.74, 6) is -0.0404. The Balaban J connectivity index is 2.97. The monoisotopic (exact) mass is 238 g/mol. The second-order valence-electron chi connectivity index (χ2n) is 3.22. The molecule has 1 rings (SSSR count). The third-order valence-corrected chi connectivity index (χ3v) is 2.12. The number of aliphatic hydroxyl groups excluding tert-OH is 1. The Hall–Kier alpha value is -2.17. The van der Waals surface area contributed by atoms with Crippen molar-refractivity contribution in [2.45, 2.75) is 6.92 Å². The van der Waals surface area contributed by atoms with Gasteiger partial charge in [0.1, 0.15) is 17.8 Å². The molecule has 0 aromatic heterocycles.